The van der Waals surface area contributed by atoms with Gasteiger partial charge in [0, 0.05) is 19.0 Å². The van der Waals surface area contributed by atoms with Crippen LogP contribution in [-0.2, 0) is 18.3 Å². The summed E-state index contributed by atoms with van der Waals surface area (Å²) in [5.41, 5.74) is 0.301. The molecule has 0 unspecified atom stereocenters. The van der Waals surface area contributed by atoms with Crippen LogP contribution in [0.2, 0.25) is 5.15 Å². The Hall–Kier alpha value is -0.580. The van der Waals surface area contributed by atoms with E-state index >= 15 is 0 Å². The van der Waals surface area contributed by atoms with Gasteiger partial charge in [0.1, 0.15) is 11.0 Å². The summed E-state index contributed by atoms with van der Waals surface area (Å²) in [5.74, 6) is 0.962. The molecule has 0 bridgehead atoms. The summed E-state index contributed by atoms with van der Waals surface area (Å²) >= 11 is 5.89. The molecule has 0 aliphatic carbocycles. The lowest BCUT2D eigenvalue weighted by atomic mass is 9.89. The summed E-state index contributed by atoms with van der Waals surface area (Å²) in [6, 6.07) is 0. The molecule has 84 valence electrons. The topological polar surface area (TPSA) is 39.1 Å². The molecule has 1 fully saturated rings. The van der Waals surface area contributed by atoms with Crippen molar-refractivity contribution in [1.82, 2.24) is 14.9 Å². The zero-order valence-electron chi connectivity index (χ0n) is 9.09. The van der Waals surface area contributed by atoms with Gasteiger partial charge in [-0.3, -0.25) is 0 Å². The second kappa shape index (κ2) is 4.12. The summed E-state index contributed by atoms with van der Waals surface area (Å²) in [4.78, 5) is 4.22. The molecule has 0 amide bonds. The van der Waals surface area contributed by atoms with Crippen molar-refractivity contribution in [2.75, 3.05) is 19.8 Å². The smallest absolute Gasteiger partial charge is 0.128 e. The van der Waals surface area contributed by atoms with E-state index in [9.17, 15) is 0 Å². The summed E-state index contributed by atoms with van der Waals surface area (Å²) in [7, 11) is 1.92. The SMILES string of the molecule is Cn1c(Cl)cnc1CNCC1(C)COC1. The van der Waals surface area contributed by atoms with Crippen LogP contribution in [0.25, 0.3) is 0 Å². The molecule has 5 heteroatoms. The number of halogens is 1. The fraction of sp³-hybridized carbons (Fsp3) is 0.700. The fourth-order valence-corrected chi connectivity index (χ4v) is 1.76. The van der Waals surface area contributed by atoms with Crippen LogP contribution in [-0.4, -0.2) is 29.3 Å². The van der Waals surface area contributed by atoms with Crippen molar-refractivity contribution in [1.29, 1.82) is 0 Å². The maximum absolute atomic E-state index is 5.89. The highest BCUT2D eigenvalue weighted by Gasteiger charge is 2.32. The minimum Gasteiger partial charge on any atom is -0.380 e. The number of nitrogens with zero attached hydrogens (tertiary/aromatic N) is 2. The Labute approximate surface area is 94.6 Å². The Kier molecular flexibility index (Phi) is 3.00. The van der Waals surface area contributed by atoms with Crippen LogP contribution in [0.4, 0.5) is 0 Å². The molecule has 1 aliphatic rings. The molecular formula is C10H16ClN3O. The van der Waals surface area contributed by atoms with Gasteiger partial charge in [0.25, 0.3) is 0 Å². The number of nitrogens with one attached hydrogen (secondary N) is 1. The Morgan fingerprint density at radius 2 is 2.40 bits per heavy atom. The molecule has 0 radical (unpaired) electrons. The van der Waals surface area contributed by atoms with Crippen LogP contribution in [0, 0.1) is 5.41 Å². The highest BCUT2D eigenvalue weighted by Crippen LogP contribution is 2.25. The maximum atomic E-state index is 5.89. The summed E-state index contributed by atoms with van der Waals surface area (Å²) in [6.07, 6.45) is 1.67. The van der Waals surface area contributed by atoms with Gasteiger partial charge in [-0.2, -0.15) is 0 Å². The molecule has 0 saturated carbocycles. The summed E-state index contributed by atoms with van der Waals surface area (Å²) in [5, 5.41) is 4.05. The van der Waals surface area contributed by atoms with E-state index in [-0.39, 0.29) is 0 Å². The molecule has 2 heterocycles. The Morgan fingerprint density at radius 1 is 1.67 bits per heavy atom. The number of aromatic nitrogens is 2. The van der Waals surface area contributed by atoms with Gasteiger partial charge >= 0.3 is 0 Å². The van der Waals surface area contributed by atoms with Gasteiger partial charge in [-0.05, 0) is 0 Å². The van der Waals surface area contributed by atoms with Gasteiger partial charge in [0.15, 0.2) is 0 Å². The molecule has 4 nitrogen and oxygen atoms in total. The molecule has 15 heavy (non-hydrogen) atoms. The van der Waals surface area contributed by atoms with Gasteiger partial charge in [-0.1, -0.05) is 18.5 Å². The maximum Gasteiger partial charge on any atom is 0.128 e. The van der Waals surface area contributed by atoms with Crippen LogP contribution in [0.15, 0.2) is 6.20 Å². The highest BCUT2D eigenvalue weighted by atomic mass is 35.5. The fourth-order valence-electron chi connectivity index (χ4n) is 1.62. The predicted molar refractivity (Wildman–Crippen MR) is 58.9 cm³/mol. The van der Waals surface area contributed by atoms with E-state index in [1.54, 1.807) is 6.20 Å². The lowest BCUT2D eigenvalue weighted by molar-refractivity contribution is -0.0992. The third-order valence-electron chi connectivity index (χ3n) is 2.76. The summed E-state index contributed by atoms with van der Waals surface area (Å²) in [6.45, 7) is 5.62. The molecule has 1 aliphatic heterocycles. The average Bonchev–Trinajstić information content (AvgIpc) is 2.47. The van der Waals surface area contributed by atoms with Crippen molar-refractivity contribution < 1.29 is 4.74 Å². The average molecular weight is 230 g/mol. The van der Waals surface area contributed by atoms with Crippen molar-refractivity contribution in [2.24, 2.45) is 12.5 Å². The predicted octanol–water partition coefficient (Wildman–Crippen LogP) is 1.20. The number of rotatable bonds is 4. The third-order valence-corrected chi connectivity index (χ3v) is 3.11. The molecule has 1 aromatic rings. The minimum atomic E-state index is 0.301. The van der Waals surface area contributed by atoms with Gasteiger partial charge < -0.3 is 14.6 Å². The first kappa shape index (κ1) is 10.9. The number of hydrogen-bond acceptors (Lipinski definition) is 3. The third kappa shape index (κ3) is 2.33. The van der Waals surface area contributed by atoms with Crippen LogP contribution >= 0.6 is 11.6 Å². The second-order valence-corrected chi connectivity index (χ2v) is 4.85. The van der Waals surface area contributed by atoms with Crippen molar-refractivity contribution >= 4 is 11.6 Å². The minimum absolute atomic E-state index is 0.301. The van der Waals surface area contributed by atoms with Gasteiger partial charge in [0.2, 0.25) is 0 Å². The first-order chi connectivity index (χ1) is 7.11. The normalized spacial score (nSPS) is 18.9. The molecule has 0 spiro atoms. The van der Waals surface area contributed by atoms with E-state index in [0.29, 0.717) is 10.6 Å². The Bertz CT molecular complexity index is 346. The highest BCUT2D eigenvalue weighted by molar-refractivity contribution is 6.29. The molecule has 0 atom stereocenters. The number of ether oxygens (including phenoxy) is 1. The van der Waals surface area contributed by atoms with Crippen LogP contribution in [0.5, 0.6) is 0 Å². The van der Waals surface area contributed by atoms with Crippen molar-refractivity contribution in [3.63, 3.8) is 0 Å². The van der Waals surface area contributed by atoms with Crippen LogP contribution in [0.3, 0.4) is 0 Å². The zero-order valence-corrected chi connectivity index (χ0v) is 9.84. The van der Waals surface area contributed by atoms with E-state index in [1.165, 1.54) is 0 Å². The number of hydrogen-bond donors (Lipinski definition) is 1. The van der Waals surface area contributed by atoms with Crippen LogP contribution < -0.4 is 5.32 Å². The Morgan fingerprint density at radius 3 is 2.87 bits per heavy atom. The molecule has 1 aromatic heterocycles. The zero-order chi connectivity index (χ0) is 10.9. The first-order valence-electron chi connectivity index (χ1n) is 5.05. The van der Waals surface area contributed by atoms with Gasteiger partial charge in [-0.15, -0.1) is 0 Å². The molecule has 0 aromatic carbocycles. The first-order valence-corrected chi connectivity index (χ1v) is 5.43. The van der Waals surface area contributed by atoms with E-state index in [4.69, 9.17) is 16.3 Å². The molecular weight excluding hydrogens is 214 g/mol. The van der Waals surface area contributed by atoms with E-state index in [0.717, 1.165) is 32.1 Å². The lowest BCUT2D eigenvalue weighted by Gasteiger charge is -2.38. The van der Waals surface area contributed by atoms with Crippen molar-refractivity contribution in [3.05, 3.63) is 17.2 Å². The van der Waals surface area contributed by atoms with Crippen LogP contribution in [0.1, 0.15) is 12.7 Å². The van der Waals surface area contributed by atoms with E-state index in [2.05, 4.69) is 17.2 Å². The van der Waals surface area contributed by atoms with E-state index < -0.39 is 0 Å². The lowest BCUT2D eigenvalue weighted by Crippen LogP contribution is -2.47. The standard InChI is InChI=1S/C10H16ClN3O/c1-10(6-15-7-10)5-12-4-9-13-3-8(11)14(9)2/h3,12H,4-7H2,1-2H3. The second-order valence-electron chi connectivity index (χ2n) is 4.46. The van der Waals surface area contributed by atoms with Crippen molar-refractivity contribution in [3.8, 4) is 0 Å². The van der Waals surface area contributed by atoms with Crippen molar-refractivity contribution in [2.45, 2.75) is 13.5 Å². The number of imidazole rings is 1. The molecule has 1 N–H and O–H groups in total. The monoisotopic (exact) mass is 229 g/mol. The van der Waals surface area contributed by atoms with Gasteiger partial charge in [0.05, 0.1) is 26.0 Å². The summed E-state index contributed by atoms with van der Waals surface area (Å²) < 4.78 is 7.07. The molecule has 2 rings (SSSR count). The largest absolute Gasteiger partial charge is 0.380 e. The quantitative estimate of drug-likeness (QED) is 0.844. The van der Waals surface area contributed by atoms with Gasteiger partial charge in [-0.25, -0.2) is 4.98 Å². The molecule has 1 saturated heterocycles. The van der Waals surface area contributed by atoms with E-state index in [1.807, 2.05) is 11.6 Å². The Balaban J connectivity index is 1.81.